The smallest absolute Gasteiger partial charge is 0.280 e. The summed E-state index contributed by atoms with van der Waals surface area (Å²) in [5, 5.41) is 22.9. The third-order valence-electron chi connectivity index (χ3n) is 6.98. The standard InChI is InChI=1S/C25H26N6O6S/c1-38(35,36)30-21-16-9-5-3-7-14(16)13-6-2-4-8-15(13)20(21)27-25-28-23-22(24(34)29-25)26-12-31(23)19-10-17(33)18(11-32)37-19/h2-9,12,17-21,30,32-33H,10-11H2,1H3,(H2,27,28,29,34)/t17-,18+,19+,20-,21-/m0/s1. The Hall–Kier alpha value is -3.62. The molecule has 4 aromatic rings. The number of aliphatic hydroxyl groups excluding tert-OH is 2. The van der Waals surface area contributed by atoms with Crippen molar-refractivity contribution in [1.29, 1.82) is 0 Å². The van der Waals surface area contributed by atoms with Gasteiger partial charge in [0.2, 0.25) is 16.0 Å². The van der Waals surface area contributed by atoms with Gasteiger partial charge in [-0.25, -0.2) is 18.1 Å². The van der Waals surface area contributed by atoms with Crippen molar-refractivity contribution in [3.8, 4) is 11.1 Å². The number of anilines is 1. The summed E-state index contributed by atoms with van der Waals surface area (Å²) in [4.78, 5) is 24.4. The quantitative estimate of drug-likeness (QED) is 0.242. The summed E-state index contributed by atoms with van der Waals surface area (Å²) in [5.74, 6) is 0.112. The molecule has 2 aromatic carbocycles. The summed E-state index contributed by atoms with van der Waals surface area (Å²) in [6, 6.07) is 13.9. The Kier molecular flexibility index (Phi) is 6.04. The molecular weight excluding hydrogens is 512 g/mol. The second-order valence-electron chi connectivity index (χ2n) is 9.52. The minimum absolute atomic E-state index is 0.0845. The largest absolute Gasteiger partial charge is 0.394 e. The number of H-pyrrole nitrogens is 1. The van der Waals surface area contributed by atoms with E-state index in [1.807, 2.05) is 48.5 Å². The molecule has 1 saturated heterocycles. The van der Waals surface area contributed by atoms with Crippen LogP contribution in [0.3, 0.4) is 0 Å². The first-order chi connectivity index (χ1) is 18.2. The Labute approximate surface area is 217 Å². The maximum Gasteiger partial charge on any atom is 0.280 e. The van der Waals surface area contributed by atoms with Crippen LogP contribution in [0.2, 0.25) is 0 Å². The van der Waals surface area contributed by atoms with Crippen LogP contribution >= 0.6 is 0 Å². The van der Waals surface area contributed by atoms with Crippen LogP contribution in [-0.4, -0.2) is 63.2 Å². The van der Waals surface area contributed by atoms with E-state index in [9.17, 15) is 23.4 Å². The van der Waals surface area contributed by atoms with Gasteiger partial charge in [-0.2, -0.15) is 4.98 Å². The minimum Gasteiger partial charge on any atom is -0.394 e. The van der Waals surface area contributed by atoms with E-state index in [1.54, 1.807) is 4.57 Å². The van der Waals surface area contributed by atoms with Crippen LogP contribution in [0.1, 0.15) is 35.9 Å². The molecule has 12 nitrogen and oxygen atoms in total. The highest BCUT2D eigenvalue weighted by Gasteiger charge is 2.37. The molecule has 0 saturated carbocycles. The van der Waals surface area contributed by atoms with Crippen molar-refractivity contribution in [2.24, 2.45) is 0 Å². The summed E-state index contributed by atoms with van der Waals surface area (Å²) >= 11 is 0. The molecule has 0 spiro atoms. The highest BCUT2D eigenvalue weighted by Crippen LogP contribution is 2.45. The number of aliphatic hydroxyl groups is 2. The van der Waals surface area contributed by atoms with Crippen LogP contribution in [0.4, 0.5) is 5.95 Å². The fourth-order valence-corrected chi connectivity index (χ4v) is 6.04. The summed E-state index contributed by atoms with van der Waals surface area (Å²) in [5.41, 5.74) is 3.27. The van der Waals surface area contributed by atoms with Gasteiger partial charge >= 0.3 is 0 Å². The number of rotatable bonds is 6. The van der Waals surface area contributed by atoms with Crippen molar-refractivity contribution < 1.29 is 23.4 Å². The Morgan fingerprint density at radius 1 is 1.11 bits per heavy atom. The van der Waals surface area contributed by atoms with Gasteiger partial charge in [0.15, 0.2) is 11.2 Å². The maximum atomic E-state index is 13.0. The van der Waals surface area contributed by atoms with E-state index in [4.69, 9.17) is 4.74 Å². The summed E-state index contributed by atoms with van der Waals surface area (Å²) in [7, 11) is -3.62. The molecule has 0 amide bonds. The average Bonchev–Trinajstić information content (AvgIpc) is 3.48. The van der Waals surface area contributed by atoms with Crippen LogP contribution in [-0.2, 0) is 14.8 Å². The van der Waals surface area contributed by atoms with Gasteiger partial charge in [0.05, 0.1) is 37.4 Å². The molecule has 1 aliphatic carbocycles. The van der Waals surface area contributed by atoms with E-state index in [0.717, 1.165) is 28.5 Å². The molecule has 5 N–H and O–H groups in total. The predicted molar refractivity (Wildman–Crippen MR) is 139 cm³/mol. The zero-order chi connectivity index (χ0) is 26.6. The van der Waals surface area contributed by atoms with Crippen molar-refractivity contribution in [3.63, 3.8) is 0 Å². The van der Waals surface area contributed by atoms with Crippen LogP contribution in [0.15, 0.2) is 59.7 Å². The number of nitrogens with one attached hydrogen (secondary N) is 3. The lowest BCUT2D eigenvalue weighted by atomic mass is 9.79. The van der Waals surface area contributed by atoms with E-state index in [2.05, 4.69) is 25.0 Å². The van der Waals surface area contributed by atoms with Gasteiger partial charge in [0.25, 0.3) is 5.56 Å². The normalized spacial score (nSPS) is 24.8. The topological polar surface area (TPSA) is 171 Å². The van der Waals surface area contributed by atoms with Gasteiger partial charge in [0.1, 0.15) is 12.3 Å². The second-order valence-corrected chi connectivity index (χ2v) is 11.3. The Balaban J connectivity index is 1.44. The van der Waals surface area contributed by atoms with Gasteiger partial charge in [0, 0.05) is 6.42 Å². The molecular formula is C25H26N6O6S. The fourth-order valence-electron chi connectivity index (χ4n) is 5.31. The number of nitrogens with zero attached hydrogens (tertiary/aromatic N) is 3. The van der Waals surface area contributed by atoms with E-state index in [-0.39, 0.29) is 30.1 Å². The number of fused-ring (bicyclic) bond motifs is 4. The van der Waals surface area contributed by atoms with E-state index < -0.39 is 46.1 Å². The molecule has 13 heteroatoms. The number of benzene rings is 2. The van der Waals surface area contributed by atoms with E-state index in [1.165, 1.54) is 6.33 Å². The number of hydrogen-bond acceptors (Lipinski definition) is 9. The van der Waals surface area contributed by atoms with Gasteiger partial charge in [-0.3, -0.25) is 14.3 Å². The number of aromatic nitrogens is 4. The molecule has 38 heavy (non-hydrogen) atoms. The molecule has 6 rings (SSSR count). The third kappa shape index (κ3) is 4.27. The Bertz CT molecular complexity index is 1690. The predicted octanol–water partition coefficient (Wildman–Crippen LogP) is 1.18. The molecule has 2 aliphatic rings. The number of aromatic amines is 1. The first kappa shape index (κ1) is 24.7. The van der Waals surface area contributed by atoms with Crippen LogP contribution < -0.4 is 15.6 Å². The van der Waals surface area contributed by atoms with Gasteiger partial charge in [-0.05, 0) is 22.3 Å². The Morgan fingerprint density at radius 2 is 1.76 bits per heavy atom. The molecule has 0 radical (unpaired) electrons. The minimum atomic E-state index is -3.62. The first-order valence-corrected chi connectivity index (χ1v) is 14.0. The molecule has 5 atom stereocenters. The number of sulfonamides is 1. The lowest BCUT2D eigenvalue weighted by Gasteiger charge is -2.36. The van der Waals surface area contributed by atoms with Crippen molar-refractivity contribution in [1.82, 2.24) is 24.2 Å². The summed E-state index contributed by atoms with van der Waals surface area (Å²) < 4.78 is 34.8. The highest BCUT2D eigenvalue weighted by atomic mass is 32.2. The number of hydrogen-bond donors (Lipinski definition) is 5. The van der Waals surface area contributed by atoms with E-state index >= 15 is 0 Å². The molecule has 2 aromatic heterocycles. The summed E-state index contributed by atoms with van der Waals surface area (Å²) in [6.45, 7) is -0.345. The zero-order valence-electron chi connectivity index (χ0n) is 20.3. The molecule has 0 bridgehead atoms. The first-order valence-electron chi connectivity index (χ1n) is 12.1. The fraction of sp³-hybridized carbons (Fsp3) is 0.320. The zero-order valence-corrected chi connectivity index (χ0v) is 21.1. The molecule has 1 aliphatic heterocycles. The van der Waals surface area contributed by atoms with Gasteiger partial charge in [-0.1, -0.05) is 48.5 Å². The maximum absolute atomic E-state index is 13.0. The number of ether oxygens (including phenoxy) is 1. The second kappa shape index (κ2) is 9.29. The lowest BCUT2D eigenvalue weighted by Crippen LogP contribution is -2.37. The van der Waals surface area contributed by atoms with Crippen molar-refractivity contribution >= 4 is 27.1 Å². The van der Waals surface area contributed by atoms with Gasteiger partial charge in [-0.15, -0.1) is 0 Å². The monoisotopic (exact) mass is 538 g/mol. The number of imidazole rings is 1. The van der Waals surface area contributed by atoms with Crippen LogP contribution in [0, 0.1) is 0 Å². The van der Waals surface area contributed by atoms with Gasteiger partial charge < -0.3 is 20.3 Å². The van der Waals surface area contributed by atoms with Crippen molar-refractivity contribution in [2.45, 2.75) is 36.9 Å². The van der Waals surface area contributed by atoms with Crippen LogP contribution in [0.25, 0.3) is 22.3 Å². The SMILES string of the molecule is CS(=O)(=O)N[C@H]1c2ccccc2-c2ccccc2[C@@H]1Nc1nc2c(ncn2[C@H]2C[C@H](O)[C@@H](CO)O2)c(=O)[nH]1. The lowest BCUT2D eigenvalue weighted by molar-refractivity contribution is -0.0432. The van der Waals surface area contributed by atoms with Crippen molar-refractivity contribution in [3.05, 3.63) is 76.3 Å². The molecule has 198 valence electrons. The Morgan fingerprint density at radius 3 is 2.39 bits per heavy atom. The average molecular weight is 539 g/mol. The molecule has 3 heterocycles. The summed E-state index contributed by atoms with van der Waals surface area (Å²) in [6.07, 6.45) is 0.418. The highest BCUT2D eigenvalue weighted by molar-refractivity contribution is 7.88. The van der Waals surface area contributed by atoms with E-state index in [0.29, 0.717) is 0 Å². The molecule has 0 unspecified atom stereocenters. The van der Waals surface area contributed by atoms with Crippen LogP contribution in [0.5, 0.6) is 0 Å². The molecule has 1 fully saturated rings. The van der Waals surface area contributed by atoms with Crippen molar-refractivity contribution in [2.75, 3.05) is 18.2 Å². The third-order valence-corrected chi connectivity index (χ3v) is 7.66.